The summed E-state index contributed by atoms with van der Waals surface area (Å²) < 4.78 is 0.905. The maximum Gasteiger partial charge on any atom is 0.323 e. The number of terminal acetylenes is 1. The number of nitrogens with zero attached hydrogens (tertiary/aromatic N) is 1. The van der Waals surface area contributed by atoms with Gasteiger partial charge in [0.05, 0.1) is 12.6 Å². The molecule has 5 nitrogen and oxygen atoms in total. The molecule has 0 heterocycles. The van der Waals surface area contributed by atoms with E-state index in [9.17, 15) is 9.59 Å². The van der Waals surface area contributed by atoms with Crippen LogP contribution in [0.15, 0.2) is 28.7 Å². The average Bonchev–Trinajstić information content (AvgIpc) is 2.37. The third-order valence-electron chi connectivity index (χ3n) is 2.58. The first-order valence-electron chi connectivity index (χ1n) is 5.90. The van der Waals surface area contributed by atoms with Gasteiger partial charge in [-0.15, -0.1) is 6.42 Å². The molecule has 1 unspecified atom stereocenters. The first-order valence-corrected chi connectivity index (χ1v) is 6.69. The number of carboxylic acids is 1. The van der Waals surface area contributed by atoms with Crippen LogP contribution in [0.3, 0.4) is 0 Å². The lowest BCUT2D eigenvalue weighted by Gasteiger charge is -2.22. The van der Waals surface area contributed by atoms with Gasteiger partial charge >= 0.3 is 12.0 Å². The highest BCUT2D eigenvalue weighted by atomic mass is 79.9. The van der Waals surface area contributed by atoms with Crippen LogP contribution in [0, 0.1) is 12.3 Å². The average molecular weight is 339 g/mol. The summed E-state index contributed by atoms with van der Waals surface area (Å²) in [5.41, 5.74) is 0.906. The Morgan fingerprint density at radius 1 is 1.55 bits per heavy atom. The summed E-state index contributed by atoms with van der Waals surface area (Å²) in [4.78, 5) is 23.7. The summed E-state index contributed by atoms with van der Waals surface area (Å²) in [6, 6.07) is 6.74. The Morgan fingerprint density at radius 2 is 2.25 bits per heavy atom. The van der Waals surface area contributed by atoms with Crippen LogP contribution < -0.4 is 5.32 Å². The number of carboxylic acid groups (broad SMARTS) is 1. The summed E-state index contributed by atoms with van der Waals surface area (Å²) in [6.45, 7) is 1.33. The van der Waals surface area contributed by atoms with Gasteiger partial charge < -0.3 is 15.3 Å². The van der Waals surface area contributed by atoms with Crippen LogP contribution in [-0.4, -0.2) is 35.1 Å². The molecule has 1 rings (SSSR count). The van der Waals surface area contributed by atoms with Crippen molar-refractivity contribution in [1.29, 1.82) is 0 Å². The van der Waals surface area contributed by atoms with Gasteiger partial charge in [-0.2, -0.15) is 0 Å². The SMILES string of the molecule is C#CCN(CC(=O)O)C(=O)NC(C)c1cccc(Br)c1. The number of carbonyl (C=O) groups excluding carboxylic acids is 1. The van der Waals surface area contributed by atoms with Crippen molar-refractivity contribution < 1.29 is 14.7 Å². The fourth-order valence-electron chi connectivity index (χ4n) is 1.61. The van der Waals surface area contributed by atoms with E-state index >= 15 is 0 Å². The van der Waals surface area contributed by atoms with E-state index in [2.05, 4.69) is 27.2 Å². The van der Waals surface area contributed by atoms with Crippen LogP contribution in [0.1, 0.15) is 18.5 Å². The van der Waals surface area contributed by atoms with E-state index in [1.54, 1.807) is 0 Å². The van der Waals surface area contributed by atoms with Crippen LogP contribution in [-0.2, 0) is 4.79 Å². The second-order valence-corrected chi connectivity index (χ2v) is 5.10. The van der Waals surface area contributed by atoms with Crippen molar-refractivity contribution in [1.82, 2.24) is 10.2 Å². The zero-order valence-electron chi connectivity index (χ0n) is 11.0. The van der Waals surface area contributed by atoms with Gasteiger partial charge in [0, 0.05) is 4.47 Å². The first kappa shape index (κ1) is 16.1. The molecule has 1 aromatic carbocycles. The molecule has 0 bridgehead atoms. The van der Waals surface area contributed by atoms with Crippen molar-refractivity contribution >= 4 is 27.9 Å². The highest BCUT2D eigenvalue weighted by Crippen LogP contribution is 2.17. The third kappa shape index (κ3) is 4.94. The zero-order chi connectivity index (χ0) is 15.1. The number of rotatable bonds is 5. The molecule has 0 fully saturated rings. The Balaban J connectivity index is 2.72. The summed E-state index contributed by atoms with van der Waals surface area (Å²) in [5.74, 6) is 1.16. The number of aliphatic carboxylic acids is 1. The molecule has 0 aliphatic carbocycles. The molecular weight excluding hydrogens is 324 g/mol. The Labute approximate surface area is 126 Å². The minimum Gasteiger partial charge on any atom is -0.480 e. The molecule has 20 heavy (non-hydrogen) atoms. The smallest absolute Gasteiger partial charge is 0.323 e. The highest BCUT2D eigenvalue weighted by molar-refractivity contribution is 9.10. The Morgan fingerprint density at radius 3 is 2.80 bits per heavy atom. The van der Waals surface area contributed by atoms with Gasteiger partial charge in [0.1, 0.15) is 6.54 Å². The third-order valence-corrected chi connectivity index (χ3v) is 3.08. The summed E-state index contributed by atoms with van der Waals surface area (Å²) in [5, 5.41) is 11.5. The highest BCUT2D eigenvalue weighted by Gasteiger charge is 2.18. The summed E-state index contributed by atoms with van der Waals surface area (Å²) >= 11 is 3.36. The predicted molar refractivity (Wildman–Crippen MR) is 79.1 cm³/mol. The van der Waals surface area contributed by atoms with E-state index in [4.69, 9.17) is 11.5 Å². The second kappa shape index (κ2) is 7.56. The minimum absolute atomic E-state index is 0.0522. The number of hydrogen-bond acceptors (Lipinski definition) is 2. The fraction of sp³-hybridized carbons (Fsp3) is 0.286. The molecule has 0 spiro atoms. The van der Waals surface area contributed by atoms with Gasteiger partial charge in [-0.05, 0) is 24.6 Å². The lowest BCUT2D eigenvalue weighted by Crippen LogP contribution is -2.43. The molecule has 0 radical (unpaired) electrons. The van der Waals surface area contributed by atoms with Crippen molar-refractivity contribution in [2.45, 2.75) is 13.0 Å². The van der Waals surface area contributed by atoms with Crippen molar-refractivity contribution in [3.05, 3.63) is 34.3 Å². The quantitative estimate of drug-likeness (QED) is 0.809. The van der Waals surface area contributed by atoms with Crippen LogP contribution >= 0.6 is 15.9 Å². The maximum absolute atomic E-state index is 12.0. The van der Waals surface area contributed by atoms with E-state index in [0.29, 0.717) is 0 Å². The number of nitrogens with one attached hydrogen (secondary N) is 1. The molecule has 0 saturated carbocycles. The van der Waals surface area contributed by atoms with Crippen LogP contribution in [0.5, 0.6) is 0 Å². The molecule has 0 saturated heterocycles. The Bertz CT molecular complexity index is 539. The van der Waals surface area contributed by atoms with Crippen molar-refractivity contribution in [3.8, 4) is 12.3 Å². The van der Waals surface area contributed by atoms with Crippen LogP contribution in [0.25, 0.3) is 0 Å². The Kier molecular flexibility index (Phi) is 6.07. The summed E-state index contributed by atoms with van der Waals surface area (Å²) in [6.07, 6.45) is 5.13. The molecular formula is C14H15BrN2O3. The molecule has 6 heteroatoms. The molecule has 0 aromatic heterocycles. The number of urea groups is 1. The van der Waals surface area contributed by atoms with E-state index in [-0.39, 0.29) is 12.6 Å². The lowest BCUT2D eigenvalue weighted by molar-refractivity contribution is -0.137. The normalized spacial score (nSPS) is 11.2. The van der Waals surface area contributed by atoms with E-state index in [1.807, 2.05) is 31.2 Å². The number of carbonyl (C=O) groups is 2. The Hall–Kier alpha value is -2.00. The zero-order valence-corrected chi connectivity index (χ0v) is 12.6. The van der Waals surface area contributed by atoms with Gasteiger partial charge in [-0.3, -0.25) is 4.79 Å². The van der Waals surface area contributed by atoms with Gasteiger partial charge in [0.15, 0.2) is 0 Å². The molecule has 1 aromatic rings. The topological polar surface area (TPSA) is 69.6 Å². The molecule has 0 aliphatic rings. The first-order chi connectivity index (χ1) is 9.43. The largest absolute Gasteiger partial charge is 0.480 e. The van der Waals surface area contributed by atoms with Gasteiger partial charge in [-0.1, -0.05) is 34.0 Å². The van der Waals surface area contributed by atoms with Crippen molar-refractivity contribution in [2.24, 2.45) is 0 Å². The summed E-state index contributed by atoms with van der Waals surface area (Å²) in [7, 11) is 0. The van der Waals surface area contributed by atoms with E-state index in [1.165, 1.54) is 0 Å². The molecule has 2 amide bonds. The molecule has 106 valence electrons. The molecule has 1 atom stereocenters. The van der Waals surface area contributed by atoms with Crippen molar-refractivity contribution in [2.75, 3.05) is 13.1 Å². The van der Waals surface area contributed by atoms with E-state index in [0.717, 1.165) is 14.9 Å². The number of halogens is 1. The number of benzene rings is 1. The number of amides is 2. The van der Waals surface area contributed by atoms with Gasteiger partial charge in [-0.25, -0.2) is 4.79 Å². The number of hydrogen-bond donors (Lipinski definition) is 2. The second-order valence-electron chi connectivity index (χ2n) is 4.18. The van der Waals surface area contributed by atoms with E-state index < -0.39 is 18.5 Å². The van der Waals surface area contributed by atoms with Crippen LogP contribution in [0.4, 0.5) is 4.79 Å². The van der Waals surface area contributed by atoms with Crippen LogP contribution in [0.2, 0.25) is 0 Å². The molecule has 0 aliphatic heterocycles. The maximum atomic E-state index is 12.0. The predicted octanol–water partition coefficient (Wildman–Crippen LogP) is 2.24. The molecule has 2 N–H and O–H groups in total. The fourth-order valence-corrected chi connectivity index (χ4v) is 2.03. The van der Waals surface area contributed by atoms with Crippen molar-refractivity contribution in [3.63, 3.8) is 0 Å². The van der Waals surface area contributed by atoms with Gasteiger partial charge in [0.2, 0.25) is 0 Å². The standard InChI is InChI=1S/C14H15BrN2O3/c1-3-7-17(9-13(18)19)14(20)16-10(2)11-5-4-6-12(15)8-11/h1,4-6,8,10H,7,9H2,2H3,(H,16,20)(H,18,19). The lowest BCUT2D eigenvalue weighted by atomic mass is 10.1. The van der Waals surface area contributed by atoms with Gasteiger partial charge in [0.25, 0.3) is 0 Å². The monoisotopic (exact) mass is 338 g/mol. The minimum atomic E-state index is -1.11.